The molecule has 9 heavy (non-hydrogen) atoms. The summed E-state index contributed by atoms with van der Waals surface area (Å²) in [6, 6.07) is 0. The molecule has 0 aliphatic carbocycles. The van der Waals surface area contributed by atoms with Crippen LogP contribution in [0.2, 0.25) is 0 Å². The topological polar surface area (TPSA) is 21.3 Å². The number of rotatable bonds is 0. The lowest BCUT2D eigenvalue weighted by atomic mass is 10.3. The molecule has 0 aromatic heterocycles. The molecule has 1 aliphatic heterocycles. The van der Waals surface area contributed by atoms with E-state index in [1.165, 1.54) is 12.8 Å². The quantitative estimate of drug-likeness (QED) is 0.521. The summed E-state index contributed by atoms with van der Waals surface area (Å²) in [6.07, 6.45) is 2.87. The van der Waals surface area contributed by atoms with Crippen LogP contribution in [-0.2, 0) is 4.74 Å². The number of hydrogen-bond donors (Lipinski definition) is 1. The highest BCUT2D eigenvalue weighted by atomic mass is 16.5. The average Bonchev–Trinajstić information content (AvgIpc) is 1.79. The van der Waals surface area contributed by atoms with E-state index in [2.05, 4.69) is 12.2 Å². The molecule has 1 saturated heterocycles. The minimum atomic E-state index is 0.408. The van der Waals surface area contributed by atoms with Crippen molar-refractivity contribution in [2.75, 3.05) is 19.7 Å². The van der Waals surface area contributed by atoms with Gasteiger partial charge in [0, 0.05) is 13.2 Å². The fraction of sp³-hybridized carbons (Fsp3) is 1.00. The Labute approximate surface area is 56.6 Å². The molecule has 0 aromatic carbocycles. The highest BCUT2D eigenvalue weighted by molar-refractivity contribution is 4.58. The van der Waals surface area contributed by atoms with Gasteiger partial charge in [0.05, 0.1) is 6.10 Å². The van der Waals surface area contributed by atoms with Crippen LogP contribution in [0.25, 0.3) is 0 Å². The lowest BCUT2D eigenvalue weighted by molar-refractivity contribution is 0.0559. The highest BCUT2D eigenvalue weighted by Gasteiger charge is 2.03. The smallest absolute Gasteiger partial charge is 0.0671 e. The van der Waals surface area contributed by atoms with Gasteiger partial charge < -0.3 is 10.1 Å². The first-order valence-electron chi connectivity index (χ1n) is 3.72. The van der Waals surface area contributed by atoms with E-state index in [4.69, 9.17) is 4.74 Å². The van der Waals surface area contributed by atoms with E-state index in [1.807, 2.05) is 0 Å². The number of hydrogen-bond acceptors (Lipinski definition) is 2. The maximum atomic E-state index is 5.42. The molecule has 1 fully saturated rings. The Hall–Kier alpha value is -0.0800. The van der Waals surface area contributed by atoms with E-state index >= 15 is 0 Å². The second-order valence-corrected chi connectivity index (χ2v) is 2.59. The zero-order valence-corrected chi connectivity index (χ0v) is 6.02. The predicted molar refractivity (Wildman–Crippen MR) is 37.5 cm³/mol. The molecule has 2 nitrogen and oxygen atoms in total. The summed E-state index contributed by atoms with van der Waals surface area (Å²) in [4.78, 5) is 0. The van der Waals surface area contributed by atoms with Gasteiger partial charge in [-0.1, -0.05) is 0 Å². The zero-order chi connectivity index (χ0) is 6.53. The van der Waals surface area contributed by atoms with Gasteiger partial charge >= 0.3 is 0 Å². The molecule has 0 aromatic rings. The minimum Gasteiger partial charge on any atom is -0.377 e. The Morgan fingerprint density at radius 1 is 1.44 bits per heavy atom. The van der Waals surface area contributed by atoms with Crippen LogP contribution >= 0.6 is 0 Å². The van der Waals surface area contributed by atoms with Crippen molar-refractivity contribution in [3.63, 3.8) is 0 Å². The van der Waals surface area contributed by atoms with Gasteiger partial charge in [0.1, 0.15) is 0 Å². The molecule has 54 valence electrons. The fourth-order valence-electron chi connectivity index (χ4n) is 1.00. The summed E-state index contributed by atoms with van der Waals surface area (Å²) < 4.78 is 5.42. The predicted octanol–water partition coefficient (Wildman–Crippen LogP) is 0.775. The number of nitrogens with one attached hydrogen (secondary N) is 1. The van der Waals surface area contributed by atoms with Crippen molar-refractivity contribution >= 4 is 0 Å². The van der Waals surface area contributed by atoms with E-state index in [-0.39, 0.29) is 0 Å². The summed E-state index contributed by atoms with van der Waals surface area (Å²) in [5.41, 5.74) is 0. The van der Waals surface area contributed by atoms with E-state index < -0.39 is 0 Å². The third-order valence-corrected chi connectivity index (χ3v) is 1.58. The van der Waals surface area contributed by atoms with Gasteiger partial charge in [-0.25, -0.2) is 0 Å². The Morgan fingerprint density at radius 3 is 3.22 bits per heavy atom. The summed E-state index contributed by atoms with van der Waals surface area (Å²) >= 11 is 0. The van der Waals surface area contributed by atoms with Crippen molar-refractivity contribution in [3.8, 4) is 0 Å². The van der Waals surface area contributed by atoms with Crippen LogP contribution in [0.15, 0.2) is 0 Å². The molecular formula is C7H15NO. The zero-order valence-electron chi connectivity index (χ0n) is 6.02. The Morgan fingerprint density at radius 2 is 2.33 bits per heavy atom. The van der Waals surface area contributed by atoms with E-state index in [1.54, 1.807) is 0 Å². The van der Waals surface area contributed by atoms with Gasteiger partial charge in [-0.2, -0.15) is 0 Å². The van der Waals surface area contributed by atoms with Crippen molar-refractivity contribution in [2.45, 2.75) is 25.9 Å². The van der Waals surface area contributed by atoms with Crippen molar-refractivity contribution in [3.05, 3.63) is 0 Å². The molecule has 0 amide bonds. The van der Waals surface area contributed by atoms with Crippen LogP contribution in [0.4, 0.5) is 0 Å². The molecule has 0 radical (unpaired) electrons. The van der Waals surface area contributed by atoms with E-state index in [9.17, 15) is 0 Å². The highest BCUT2D eigenvalue weighted by Crippen LogP contribution is 1.97. The third-order valence-electron chi connectivity index (χ3n) is 1.58. The van der Waals surface area contributed by atoms with Crippen molar-refractivity contribution in [2.24, 2.45) is 0 Å². The second kappa shape index (κ2) is 3.85. The molecule has 1 N–H and O–H groups in total. The summed E-state index contributed by atoms with van der Waals surface area (Å²) in [7, 11) is 0. The maximum absolute atomic E-state index is 5.42. The standard InChI is InChI=1S/C7H15NO/c1-7-6-8-4-2-3-5-9-7/h7-8H,2-6H2,1H3. The van der Waals surface area contributed by atoms with Gasteiger partial charge in [-0.15, -0.1) is 0 Å². The third kappa shape index (κ3) is 2.82. The second-order valence-electron chi connectivity index (χ2n) is 2.59. The molecule has 2 heteroatoms. The molecule has 1 heterocycles. The van der Waals surface area contributed by atoms with Crippen LogP contribution in [0.5, 0.6) is 0 Å². The van der Waals surface area contributed by atoms with Crippen LogP contribution in [0, 0.1) is 0 Å². The van der Waals surface area contributed by atoms with Crippen molar-refractivity contribution < 1.29 is 4.74 Å². The van der Waals surface area contributed by atoms with Crippen LogP contribution in [0.1, 0.15) is 19.8 Å². The van der Waals surface area contributed by atoms with Crippen LogP contribution in [-0.4, -0.2) is 25.8 Å². The normalized spacial score (nSPS) is 31.0. The summed E-state index contributed by atoms with van der Waals surface area (Å²) in [5.74, 6) is 0. The Bertz CT molecular complexity index is 67.3. The minimum absolute atomic E-state index is 0.408. The molecule has 0 spiro atoms. The molecule has 0 bridgehead atoms. The molecule has 1 atom stereocenters. The molecule has 1 aliphatic rings. The maximum Gasteiger partial charge on any atom is 0.0671 e. The lowest BCUT2D eigenvalue weighted by Gasteiger charge is -2.16. The lowest BCUT2D eigenvalue weighted by Crippen LogP contribution is -2.30. The molecule has 0 saturated carbocycles. The fourth-order valence-corrected chi connectivity index (χ4v) is 1.00. The molecule has 1 rings (SSSR count). The monoisotopic (exact) mass is 129 g/mol. The first-order chi connectivity index (χ1) is 4.39. The van der Waals surface area contributed by atoms with Crippen LogP contribution in [0.3, 0.4) is 0 Å². The van der Waals surface area contributed by atoms with Crippen molar-refractivity contribution in [1.82, 2.24) is 5.32 Å². The largest absolute Gasteiger partial charge is 0.377 e. The van der Waals surface area contributed by atoms with Gasteiger partial charge in [-0.3, -0.25) is 0 Å². The van der Waals surface area contributed by atoms with Gasteiger partial charge in [0.2, 0.25) is 0 Å². The average molecular weight is 129 g/mol. The first-order valence-corrected chi connectivity index (χ1v) is 3.72. The molecule has 1 unspecified atom stereocenters. The summed E-state index contributed by atoms with van der Waals surface area (Å²) in [5, 5.41) is 3.31. The number of ether oxygens (including phenoxy) is 1. The van der Waals surface area contributed by atoms with Crippen molar-refractivity contribution in [1.29, 1.82) is 0 Å². The van der Waals surface area contributed by atoms with Gasteiger partial charge in [-0.05, 0) is 26.3 Å². The first kappa shape index (κ1) is 7.03. The SMILES string of the molecule is CC1CNCCCCO1. The Kier molecular flexibility index (Phi) is 3.01. The Balaban J connectivity index is 2.12. The van der Waals surface area contributed by atoms with E-state index in [0.717, 1.165) is 19.7 Å². The van der Waals surface area contributed by atoms with Gasteiger partial charge in [0.25, 0.3) is 0 Å². The summed E-state index contributed by atoms with van der Waals surface area (Å²) in [6.45, 7) is 5.23. The van der Waals surface area contributed by atoms with Gasteiger partial charge in [0.15, 0.2) is 0 Å². The van der Waals surface area contributed by atoms with E-state index in [0.29, 0.717) is 6.10 Å². The molecular weight excluding hydrogens is 114 g/mol. The van der Waals surface area contributed by atoms with Crippen LogP contribution < -0.4 is 5.32 Å².